The summed E-state index contributed by atoms with van der Waals surface area (Å²) in [5, 5.41) is 31.3. The highest BCUT2D eigenvalue weighted by molar-refractivity contribution is 5.75. The Balaban J connectivity index is 1.81. The first-order valence-corrected chi connectivity index (χ1v) is 8.87. The topological polar surface area (TPSA) is 131 Å². The number of methoxy groups -OCH3 is 1. The second-order valence-electron chi connectivity index (χ2n) is 6.60. The largest absolute Gasteiger partial charge is 0.504 e. The summed E-state index contributed by atoms with van der Waals surface area (Å²) in [6.07, 6.45) is 0. The number of H-pyrrole nitrogens is 1. The Hall–Kier alpha value is -4.28. The quantitative estimate of drug-likeness (QED) is 0.414. The minimum absolute atomic E-state index is 0.0323. The van der Waals surface area contributed by atoms with Crippen LogP contribution in [0, 0.1) is 5.82 Å². The van der Waals surface area contributed by atoms with Gasteiger partial charge in [0, 0.05) is 11.1 Å². The average Bonchev–Trinajstić information content (AvgIpc) is 3.22. The van der Waals surface area contributed by atoms with E-state index in [1.165, 1.54) is 30.0 Å². The van der Waals surface area contributed by atoms with Gasteiger partial charge in [0.1, 0.15) is 17.5 Å². The molecule has 0 fully saturated rings. The van der Waals surface area contributed by atoms with Gasteiger partial charge in [0.05, 0.1) is 12.8 Å². The van der Waals surface area contributed by atoms with E-state index in [9.17, 15) is 14.3 Å². The number of benzene rings is 2. The monoisotopic (exact) mass is 407 g/mol. The third kappa shape index (κ3) is 2.67. The van der Waals surface area contributed by atoms with Crippen molar-refractivity contribution in [2.75, 3.05) is 12.4 Å². The zero-order valence-electron chi connectivity index (χ0n) is 15.5. The molecule has 2 aromatic carbocycles. The molecule has 1 atom stereocenters. The van der Waals surface area contributed by atoms with Crippen molar-refractivity contribution in [3.05, 3.63) is 69.8 Å². The average molecular weight is 407 g/mol. The van der Waals surface area contributed by atoms with Gasteiger partial charge in [-0.1, -0.05) is 11.2 Å². The highest BCUT2D eigenvalue weighted by Crippen LogP contribution is 2.42. The Kier molecular flexibility index (Phi) is 3.95. The molecule has 1 aliphatic heterocycles. The maximum atomic E-state index is 13.5. The number of nitrogens with one attached hydrogen (secondary N) is 2. The minimum atomic E-state index is -0.657. The van der Waals surface area contributed by atoms with Gasteiger partial charge in [-0.25, -0.2) is 9.49 Å². The first kappa shape index (κ1) is 17.8. The number of anilines is 2. The summed E-state index contributed by atoms with van der Waals surface area (Å²) in [5.74, 6) is 0.0949. The lowest BCUT2D eigenvalue weighted by atomic mass is 9.92. The van der Waals surface area contributed by atoms with Crippen LogP contribution < -0.4 is 15.6 Å². The van der Waals surface area contributed by atoms with Crippen LogP contribution in [0.2, 0.25) is 0 Å². The number of fused-ring (bicyclic) bond motifs is 2. The Morgan fingerprint density at radius 2 is 2.00 bits per heavy atom. The number of tetrazole rings is 1. The van der Waals surface area contributed by atoms with Crippen LogP contribution >= 0.6 is 0 Å². The molecule has 30 heavy (non-hydrogen) atoms. The van der Waals surface area contributed by atoms with Crippen molar-refractivity contribution < 1.29 is 14.2 Å². The Bertz CT molecular complexity index is 1320. The van der Waals surface area contributed by atoms with E-state index in [2.05, 4.69) is 31.0 Å². The molecule has 0 saturated heterocycles. The number of phenolic OH excluding ortho intramolecular Hbond substituents is 1. The van der Waals surface area contributed by atoms with Crippen molar-refractivity contribution in [2.45, 2.75) is 6.04 Å². The van der Waals surface area contributed by atoms with Gasteiger partial charge < -0.3 is 15.2 Å². The lowest BCUT2D eigenvalue weighted by Gasteiger charge is -2.28. The molecule has 3 N–H and O–H groups in total. The molecule has 4 aromatic rings. The van der Waals surface area contributed by atoms with E-state index >= 15 is 0 Å². The van der Waals surface area contributed by atoms with Crippen molar-refractivity contribution in [2.24, 2.45) is 0 Å². The van der Waals surface area contributed by atoms with Crippen molar-refractivity contribution >= 4 is 11.6 Å². The molecule has 3 heterocycles. The first-order valence-electron chi connectivity index (χ1n) is 8.87. The zero-order chi connectivity index (χ0) is 20.8. The van der Waals surface area contributed by atoms with Gasteiger partial charge in [0.25, 0.3) is 5.56 Å². The predicted octanol–water partition coefficient (Wildman–Crippen LogP) is 1.97. The lowest BCUT2D eigenvalue weighted by molar-refractivity contribution is 0.372. The number of rotatable bonds is 3. The maximum absolute atomic E-state index is 13.5. The molecular weight excluding hydrogens is 393 g/mol. The van der Waals surface area contributed by atoms with E-state index in [0.717, 1.165) is 0 Å². The molecule has 10 nitrogen and oxygen atoms in total. The Morgan fingerprint density at radius 1 is 1.20 bits per heavy atom. The summed E-state index contributed by atoms with van der Waals surface area (Å²) in [7, 11) is 1.44. The molecule has 0 unspecified atom stereocenters. The fraction of sp³-hybridized carbons (Fsp3) is 0.105. The smallest absolute Gasteiger partial charge is 0.288 e. The van der Waals surface area contributed by atoms with E-state index in [4.69, 9.17) is 4.74 Å². The number of hydrogen-bond donors (Lipinski definition) is 3. The second kappa shape index (κ2) is 6.65. The molecule has 11 heteroatoms. The van der Waals surface area contributed by atoms with E-state index in [1.54, 1.807) is 24.3 Å². The normalized spacial score (nSPS) is 14.5. The highest BCUT2D eigenvalue weighted by Gasteiger charge is 2.34. The molecule has 150 valence electrons. The van der Waals surface area contributed by atoms with E-state index in [-0.39, 0.29) is 23.1 Å². The number of nitrogens with zero attached hydrogens (tertiary/aromatic N) is 5. The van der Waals surface area contributed by atoms with E-state index in [1.807, 2.05) is 0 Å². The number of hydrogen-bond acceptors (Lipinski definition) is 8. The van der Waals surface area contributed by atoms with Crippen LogP contribution in [0.5, 0.6) is 11.5 Å². The third-order valence-electron chi connectivity index (χ3n) is 4.91. The summed E-state index contributed by atoms with van der Waals surface area (Å²) in [5.41, 5.74) is 1.94. The second-order valence-corrected chi connectivity index (χ2v) is 6.60. The van der Waals surface area contributed by atoms with Crippen molar-refractivity contribution in [3.8, 4) is 22.8 Å². The fourth-order valence-electron chi connectivity index (χ4n) is 3.54. The fourth-order valence-corrected chi connectivity index (χ4v) is 3.54. The number of aromatic nitrogens is 6. The number of halogens is 1. The van der Waals surface area contributed by atoms with Gasteiger partial charge in [-0.2, -0.15) is 9.78 Å². The van der Waals surface area contributed by atoms with Crippen LogP contribution in [-0.2, 0) is 0 Å². The van der Waals surface area contributed by atoms with Gasteiger partial charge in [-0.3, -0.25) is 4.79 Å². The van der Waals surface area contributed by atoms with Crippen LogP contribution in [-0.4, -0.2) is 42.6 Å². The zero-order valence-corrected chi connectivity index (χ0v) is 15.5. The van der Waals surface area contributed by atoms with Gasteiger partial charge in [-0.15, -0.1) is 0 Å². The highest BCUT2D eigenvalue weighted by atomic mass is 19.1. The summed E-state index contributed by atoms with van der Waals surface area (Å²) < 4.78 is 20.2. The molecule has 0 spiro atoms. The number of aromatic amines is 1. The Morgan fingerprint density at radius 3 is 2.77 bits per heavy atom. The predicted molar refractivity (Wildman–Crippen MR) is 103 cm³/mol. The molecule has 0 aliphatic carbocycles. The SMILES string of the molecule is COc1cc([C@H]2c3c(-c4ccc(F)cc4)n[nH]c(=O)c3Nc3nnnn32)ccc1O. The molecule has 0 saturated carbocycles. The van der Waals surface area contributed by atoms with Crippen molar-refractivity contribution in [1.29, 1.82) is 0 Å². The molecule has 0 bridgehead atoms. The molecule has 2 aromatic heterocycles. The van der Waals surface area contributed by atoms with Gasteiger partial charge >= 0.3 is 0 Å². The number of aromatic hydroxyl groups is 1. The first-order chi connectivity index (χ1) is 14.6. The molecule has 0 radical (unpaired) electrons. The van der Waals surface area contributed by atoms with Gasteiger partial charge in [0.2, 0.25) is 5.95 Å². The lowest BCUT2D eigenvalue weighted by Crippen LogP contribution is -2.29. The standard InChI is InChI=1S/C19H14FN7O3/c1-30-13-8-10(4-7-12(13)28)17-14-15(9-2-5-11(20)6-3-9)22-23-18(29)16(14)21-19-24-25-26-27(17)19/h2-8,17,28H,1H3,(H,23,29)(H,21,24,26)/t17-/m0/s1. The van der Waals surface area contributed by atoms with Crippen LogP contribution in [0.25, 0.3) is 11.3 Å². The Labute approximate surface area is 168 Å². The van der Waals surface area contributed by atoms with Gasteiger partial charge in [-0.05, 0) is 52.4 Å². The van der Waals surface area contributed by atoms with Crippen LogP contribution in [0.4, 0.5) is 16.0 Å². The van der Waals surface area contributed by atoms with Gasteiger partial charge in [0.15, 0.2) is 11.5 Å². The molecule has 1 aliphatic rings. The van der Waals surface area contributed by atoms with Crippen LogP contribution in [0.1, 0.15) is 17.2 Å². The summed E-state index contributed by atoms with van der Waals surface area (Å²) in [6, 6.07) is 9.90. The van der Waals surface area contributed by atoms with Crippen LogP contribution in [0.15, 0.2) is 47.3 Å². The molecular formula is C19H14FN7O3. The van der Waals surface area contributed by atoms with Crippen molar-refractivity contribution in [3.63, 3.8) is 0 Å². The number of ether oxygens (including phenoxy) is 1. The van der Waals surface area contributed by atoms with E-state index < -0.39 is 17.4 Å². The minimum Gasteiger partial charge on any atom is -0.504 e. The molecule has 5 rings (SSSR count). The summed E-state index contributed by atoms with van der Waals surface area (Å²) in [4.78, 5) is 12.6. The van der Waals surface area contributed by atoms with Crippen LogP contribution in [0.3, 0.4) is 0 Å². The van der Waals surface area contributed by atoms with Crippen molar-refractivity contribution in [1.82, 2.24) is 30.4 Å². The summed E-state index contributed by atoms with van der Waals surface area (Å²) >= 11 is 0. The summed E-state index contributed by atoms with van der Waals surface area (Å²) in [6.45, 7) is 0. The van der Waals surface area contributed by atoms with E-state index in [0.29, 0.717) is 22.4 Å². The molecule has 0 amide bonds. The maximum Gasteiger partial charge on any atom is 0.288 e. The number of phenols is 1. The third-order valence-corrected chi connectivity index (χ3v) is 4.91.